The van der Waals surface area contributed by atoms with Crippen molar-refractivity contribution < 1.29 is 0 Å². The summed E-state index contributed by atoms with van der Waals surface area (Å²) in [5.74, 6) is 0. The van der Waals surface area contributed by atoms with Crippen molar-refractivity contribution >= 4 is 98.2 Å². The predicted octanol–water partition coefficient (Wildman–Crippen LogP) is 13.3. The van der Waals surface area contributed by atoms with Crippen molar-refractivity contribution in [3.05, 3.63) is 0 Å². The predicted molar refractivity (Wildman–Crippen MR) is 171 cm³/mol. The van der Waals surface area contributed by atoms with Crippen molar-refractivity contribution in [1.29, 1.82) is 0 Å². The summed E-state index contributed by atoms with van der Waals surface area (Å²) in [5.41, 5.74) is 0.413. The molecule has 0 saturated carbocycles. The Labute approximate surface area is 243 Å². The molecule has 0 radical (unpaired) electrons. The number of hydrogen-bond acceptors (Lipinski definition) is 0. The van der Waals surface area contributed by atoms with Gasteiger partial charge in [0.05, 0.1) is 0 Å². The largest absolute Gasteiger partial charge is 0.262 e. The Kier molecular flexibility index (Phi) is 32.0. The van der Waals surface area contributed by atoms with Gasteiger partial charge >= 0.3 is 0 Å². The minimum absolute atomic E-state index is 0.413. The van der Waals surface area contributed by atoms with Gasteiger partial charge in [-0.2, -0.15) is 0 Å². The van der Waals surface area contributed by atoms with Gasteiger partial charge in [0, 0.05) is 5.50 Å². The second-order valence-electron chi connectivity index (χ2n) is 9.65. The minimum atomic E-state index is -1.92. The van der Waals surface area contributed by atoms with E-state index in [-0.39, 0.29) is 0 Å². The fourth-order valence-corrected chi connectivity index (χ4v) is 4.66. The maximum atomic E-state index is 6.10. The molecule has 0 bridgehead atoms. The fraction of sp³-hybridized carbons (Fsp3) is 1.00. The number of halogens is 7. The van der Waals surface area contributed by atoms with E-state index in [1.54, 1.807) is 6.55 Å². The molecule has 33 heavy (non-hydrogen) atoms. The average Bonchev–Trinajstić information content (AvgIpc) is 2.65. The van der Waals surface area contributed by atoms with E-state index < -0.39 is 20.1 Å². The molecule has 0 aliphatic carbocycles. The van der Waals surface area contributed by atoms with E-state index in [1.165, 1.54) is 103 Å². The molecule has 0 heterocycles. The first kappa shape index (κ1) is 40.2. The van der Waals surface area contributed by atoms with Crippen LogP contribution >= 0.6 is 78.1 Å². The molecule has 0 spiro atoms. The van der Waals surface area contributed by atoms with Crippen LogP contribution in [0.25, 0.3) is 0 Å². The molecule has 0 fully saturated rings. The summed E-state index contributed by atoms with van der Waals surface area (Å²) < 4.78 is 0. The smallest absolute Gasteiger partial charge is 0.146 e. The highest BCUT2D eigenvalue weighted by atomic mass is 35.7. The lowest BCUT2D eigenvalue weighted by Crippen LogP contribution is -2.14. The molecule has 0 saturated heterocycles. The van der Waals surface area contributed by atoms with Gasteiger partial charge in [-0.05, 0) is 32.2 Å². The van der Waals surface area contributed by atoms with Crippen LogP contribution in [0.3, 0.4) is 0 Å². The van der Waals surface area contributed by atoms with E-state index in [0.717, 1.165) is 6.04 Å². The second kappa shape index (κ2) is 26.3. The van der Waals surface area contributed by atoms with Crippen LogP contribution in [0.5, 0.6) is 0 Å². The highest BCUT2D eigenvalue weighted by Gasteiger charge is 2.19. The minimum Gasteiger partial charge on any atom is -0.146 e. The summed E-state index contributed by atoms with van der Waals surface area (Å²) in [7, 11) is 0. The normalized spacial score (nSPS) is 12.0. The summed E-state index contributed by atoms with van der Waals surface area (Å²) in [6.45, 7) is 4.41. The lowest BCUT2D eigenvalue weighted by atomic mass is 10.0. The van der Waals surface area contributed by atoms with Gasteiger partial charge in [-0.3, -0.25) is 0 Å². The summed E-state index contributed by atoms with van der Waals surface area (Å²) in [5, 5.41) is 0. The number of alkyl halides is 1. The Morgan fingerprint density at radius 1 is 0.424 bits per heavy atom. The van der Waals surface area contributed by atoms with Crippen LogP contribution in [0.4, 0.5) is 0 Å². The third kappa shape index (κ3) is 60.8. The summed E-state index contributed by atoms with van der Waals surface area (Å²) in [6, 6.07) is 1.06. The Balaban J connectivity index is -0.000000671. The Morgan fingerprint density at radius 3 is 0.818 bits per heavy atom. The SMILES string of the molecule is CCCCCCCCCCCCCCCCCC[Si](C)(Cl)Cl.C[Si](C)(Cl)Cl.C[Si](Cl)(Cl)CCl. The molecule has 204 valence electrons. The molecule has 0 atom stereocenters. The maximum absolute atomic E-state index is 6.10. The van der Waals surface area contributed by atoms with Gasteiger partial charge in [0.1, 0.15) is 0 Å². The molecule has 0 aromatic rings. The van der Waals surface area contributed by atoms with Gasteiger partial charge in [0.2, 0.25) is 13.4 Å². The third-order valence-electron chi connectivity index (χ3n) is 4.70. The van der Waals surface area contributed by atoms with Crippen LogP contribution in [-0.2, 0) is 0 Å². The molecule has 0 aromatic heterocycles. The van der Waals surface area contributed by atoms with E-state index in [0.29, 0.717) is 5.50 Å². The van der Waals surface area contributed by atoms with Gasteiger partial charge in [0.15, 0.2) is 0 Å². The van der Waals surface area contributed by atoms with Crippen molar-refractivity contribution in [2.75, 3.05) is 5.50 Å². The van der Waals surface area contributed by atoms with Crippen LogP contribution < -0.4 is 0 Å². The first-order valence-electron chi connectivity index (χ1n) is 12.8. The van der Waals surface area contributed by atoms with Gasteiger partial charge in [-0.25, -0.2) is 0 Å². The first-order chi connectivity index (χ1) is 15.1. The molecule has 10 heteroatoms. The van der Waals surface area contributed by atoms with Crippen LogP contribution in [0, 0.1) is 0 Å². The summed E-state index contributed by atoms with van der Waals surface area (Å²) in [4.78, 5) is 0. The lowest BCUT2D eigenvalue weighted by molar-refractivity contribution is 0.531. The van der Waals surface area contributed by atoms with Crippen LogP contribution in [0.15, 0.2) is 0 Å². The van der Waals surface area contributed by atoms with Gasteiger partial charge in [0.25, 0.3) is 6.69 Å². The van der Waals surface area contributed by atoms with E-state index in [4.69, 9.17) is 78.1 Å². The lowest BCUT2D eigenvalue weighted by Gasteiger charge is -2.09. The van der Waals surface area contributed by atoms with Crippen molar-refractivity contribution in [2.24, 2.45) is 0 Å². The quantitative estimate of drug-likeness (QED) is 0.0594. The first-order valence-corrected chi connectivity index (χ1v) is 27.8. The Morgan fingerprint density at radius 2 is 0.636 bits per heavy atom. The Bertz CT molecular complexity index is 376. The molecule has 0 unspecified atom stereocenters. The van der Waals surface area contributed by atoms with Crippen molar-refractivity contribution in [2.45, 2.75) is 142 Å². The van der Waals surface area contributed by atoms with Crippen LogP contribution in [0.1, 0.15) is 110 Å². The van der Waals surface area contributed by atoms with E-state index in [9.17, 15) is 0 Å². The van der Waals surface area contributed by atoms with Gasteiger partial charge in [-0.15, -0.1) is 78.1 Å². The van der Waals surface area contributed by atoms with Crippen molar-refractivity contribution in [3.63, 3.8) is 0 Å². The maximum Gasteiger partial charge on any atom is 0.262 e. The molecule has 0 rings (SSSR count). The number of rotatable bonds is 18. The average molecular weight is 660 g/mol. The van der Waals surface area contributed by atoms with E-state index in [2.05, 4.69) is 6.92 Å². The summed E-state index contributed by atoms with van der Waals surface area (Å²) in [6.07, 6.45) is 22.6. The molecular formula is C23H51Cl7Si3. The van der Waals surface area contributed by atoms with Crippen molar-refractivity contribution in [1.82, 2.24) is 0 Å². The van der Waals surface area contributed by atoms with Gasteiger partial charge < -0.3 is 0 Å². The standard InChI is InChI=1S/C19H40Cl2Si.C2H5Cl3Si.C2H6Cl2Si/c1-3-4-5-6-7-8-9-10-11-12-13-14-15-16-17-18-19-22(2,20)21;1-6(4,5)2-3;1-5(2,3)4/h3-19H2,1-2H3;2H2,1H3;1-2H3. The highest BCUT2D eigenvalue weighted by Crippen LogP contribution is 2.23. The summed E-state index contributed by atoms with van der Waals surface area (Å²) >= 11 is 39.3. The second-order valence-corrected chi connectivity index (χ2v) is 35.6. The third-order valence-corrected chi connectivity index (χ3v) is 10.8. The fourth-order valence-electron chi connectivity index (χ4n) is 2.98. The molecule has 0 aliphatic rings. The number of hydrogen-bond donors (Lipinski definition) is 0. The molecule has 0 aromatic carbocycles. The topological polar surface area (TPSA) is 0 Å². The van der Waals surface area contributed by atoms with Crippen molar-refractivity contribution in [3.8, 4) is 0 Å². The molecule has 0 amide bonds. The monoisotopic (exact) mass is 656 g/mol. The van der Waals surface area contributed by atoms with E-state index >= 15 is 0 Å². The molecule has 0 N–H and O–H groups in total. The zero-order chi connectivity index (χ0) is 26.2. The Hall–Kier alpha value is 2.68. The van der Waals surface area contributed by atoms with E-state index in [1.807, 2.05) is 19.6 Å². The highest BCUT2D eigenvalue weighted by molar-refractivity contribution is 7.46. The van der Waals surface area contributed by atoms with Crippen LogP contribution in [0.2, 0.25) is 32.2 Å². The zero-order valence-electron chi connectivity index (χ0n) is 21.9. The molecular weight excluding hydrogens is 609 g/mol. The molecule has 0 nitrogen and oxygen atoms in total. The zero-order valence-corrected chi connectivity index (χ0v) is 30.2. The van der Waals surface area contributed by atoms with Crippen LogP contribution in [-0.4, -0.2) is 25.6 Å². The molecule has 0 aliphatic heterocycles. The number of unbranched alkanes of at least 4 members (excludes halogenated alkanes) is 15. The van der Waals surface area contributed by atoms with Gasteiger partial charge in [-0.1, -0.05) is 110 Å².